The van der Waals surface area contributed by atoms with Crippen molar-refractivity contribution < 1.29 is 41.9 Å². The van der Waals surface area contributed by atoms with Crippen molar-refractivity contribution in [3.8, 4) is 0 Å². The lowest BCUT2D eigenvalue weighted by Crippen LogP contribution is -2.73. The predicted molar refractivity (Wildman–Crippen MR) is 70.9 cm³/mol. The van der Waals surface area contributed by atoms with Gasteiger partial charge >= 0.3 is 24.1 Å². The molecule has 1 aromatic heterocycles. The largest absolute Gasteiger partial charge is 0.466 e. The van der Waals surface area contributed by atoms with Crippen molar-refractivity contribution in [2.75, 3.05) is 6.61 Å². The molecular weight excluding hydrogens is 355 g/mol. The molecule has 0 aromatic carbocycles. The molecule has 0 radical (unpaired) electrons. The number of halogens is 3. The smallest absolute Gasteiger partial charge is 0.437 e. The Labute approximate surface area is 137 Å². The lowest BCUT2D eigenvalue weighted by Gasteiger charge is -2.43. The van der Waals surface area contributed by atoms with Crippen LogP contribution < -0.4 is 10.6 Å². The molecule has 3 N–H and O–H groups in total. The van der Waals surface area contributed by atoms with Gasteiger partial charge in [-0.2, -0.15) is 13.2 Å². The van der Waals surface area contributed by atoms with E-state index < -0.39 is 52.4 Å². The Morgan fingerprint density at radius 3 is 2.64 bits per heavy atom. The summed E-state index contributed by atoms with van der Waals surface area (Å²) in [7, 11) is 0. The molecule has 1 aliphatic heterocycles. The number of hydrogen-bond donors (Lipinski definition) is 3. The predicted octanol–water partition coefficient (Wildman–Crippen LogP) is 0.972. The molecule has 1 aromatic rings. The summed E-state index contributed by atoms with van der Waals surface area (Å²) < 4.78 is 49.3. The molecule has 13 heteroatoms. The number of nitro groups is 1. The molecule has 2 rings (SSSR count). The quantitative estimate of drug-likeness (QED) is 0.409. The maximum atomic E-state index is 13.3. The van der Waals surface area contributed by atoms with E-state index >= 15 is 0 Å². The summed E-state index contributed by atoms with van der Waals surface area (Å²) in [6.45, 7) is 1.02. The normalized spacial score (nSPS) is 26.5. The van der Waals surface area contributed by atoms with E-state index in [1.807, 2.05) is 5.32 Å². The monoisotopic (exact) mass is 367 g/mol. The summed E-state index contributed by atoms with van der Waals surface area (Å²) in [5, 5.41) is 23.9. The van der Waals surface area contributed by atoms with E-state index in [-0.39, 0.29) is 6.61 Å². The van der Waals surface area contributed by atoms with Crippen molar-refractivity contribution in [3.05, 3.63) is 28.0 Å². The highest BCUT2D eigenvalue weighted by Gasteiger charge is 2.67. The Bertz CT molecular complexity index is 704. The van der Waals surface area contributed by atoms with Gasteiger partial charge in [0.1, 0.15) is 22.6 Å². The van der Waals surface area contributed by atoms with E-state index in [0.717, 1.165) is 12.1 Å². The number of aliphatic hydroxyl groups is 1. The van der Waals surface area contributed by atoms with Crippen LogP contribution in [0.15, 0.2) is 16.5 Å². The summed E-state index contributed by atoms with van der Waals surface area (Å²) in [4.78, 5) is 33.3. The molecule has 3 atom stereocenters. The number of amides is 2. The molecule has 1 aliphatic rings. The minimum absolute atomic E-state index is 0.303. The van der Waals surface area contributed by atoms with Gasteiger partial charge in [0.15, 0.2) is 0 Å². The fraction of sp³-hybridized carbons (Fsp3) is 0.500. The zero-order chi connectivity index (χ0) is 19.0. The molecule has 2 amide bonds. The van der Waals surface area contributed by atoms with Gasteiger partial charge in [0.25, 0.3) is 5.72 Å². The van der Waals surface area contributed by atoms with E-state index in [1.165, 1.54) is 12.2 Å². The van der Waals surface area contributed by atoms with Crippen LogP contribution in [0.1, 0.15) is 18.7 Å². The van der Waals surface area contributed by atoms with Gasteiger partial charge < -0.3 is 24.9 Å². The third-order valence-corrected chi connectivity index (χ3v) is 3.45. The van der Waals surface area contributed by atoms with Gasteiger partial charge in [0.05, 0.1) is 12.7 Å². The number of alkyl halides is 3. The number of ether oxygens (including phenoxy) is 1. The number of nitrogens with zero attached hydrogens (tertiary/aromatic N) is 1. The molecule has 25 heavy (non-hydrogen) atoms. The summed E-state index contributed by atoms with van der Waals surface area (Å²) in [5.74, 6) is -5.24. The highest BCUT2D eigenvalue weighted by molar-refractivity contribution is 5.83. The van der Waals surface area contributed by atoms with E-state index in [2.05, 4.69) is 4.74 Å². The second-order valence-corrected chi connectivity index (χ2v) is 5.00. The van der Waals surface area contributed by atoms with E-state index in [1.54, 1.807) is 0 Å². The number of carbonyl (C=O) groups is 2. The first kappa shape index (κ1) is 18.5. The molecular formula is C12H12F3N3O7. The average molecular weight is 367 g/mol. The van der Waals surface area contributed by atoms with Gasteiger partial charge in [-0.3, -0.25) is 14.9 Å². The number of urea groups is 1. The third kappa shape index (κ3) is 3.22. The number of hydrogen-bond acceptors (Lipinski definition) is 7. The van der Waals surface area contributed by atoms with Crippen molar-refractivity contribution in [1.29, 1.82) is 0 Å². The average Bonchev–Trinajstić information content (AvgIpc) is 2.95. The number of nitrogens with one attached hydrogen (secondary N) is 2. The van der Waals surface area contributed by atoms with Gasteiger partial charge in [0.2, 0.25) is 0 Å². The number of carbonyl (C=O) groups excluding carboxylic acids is 2. The first-order valence-corrected chi connectivity index (χ1v) is 6.79. The van der Waals surface area contributed by atoms with Crippen molar-refractivity contribution >= 4 is 17.9 Å². The van der Waals surface area contributed by atoms with Gasteiger partial charge in [-0.1, -0.05) is 0 Å². The van der Waals surface area contributed by atoms with Crippen molar-refractivity contribution in [1.82, 2.24) is 10.6 Å². The van der Waals surface area contributed by atoms with Crippen LogP contribution in [-0.4, -0.2) is 40.5 Å². The first-order chi connectivity index (χ1) is 11.5. The number of furan rings is 1. The fourth-order valence-electron chi connectivity index (χ4n) is 2.38. The van der Waals surface area contributed by atoms with Crippen LogP contribution in [0.25, 0.3) is 0 Å². The molecule has 1 saturated heterocycles. The van der Waals surface area contributed by atoms with Gasteiger partial charge in [-0.15, -0.1) is 0 Å². The molecule has 138 valence electrons. The SMILES string of the molecule is CCOC(=O)[C@H]1[C@H](c2ccc([N+](=O)[O-])o2)NC(=O)N[C@@]1(O)C(F)(F)F. The van der Waals surface area contributed by atoms with Gasteiger partial charge in [0, 0.05) is 0 Å². The molecule has 0 aliphatic carbocycles. The standard InChI is InChI=1S/C12H12F3N3O7/c1-2-24-9(19)7-8(5-3-4-6(25-5)18(22)23)16-10(20)17-11(7,21)12(13,14)15/h3-4,7-8,21H,2H2,1H3,(H2,16,17,20)/t7-,8+,11+/m1/s1. The molecule has 2 heterocycles. The topological polar surface area (TPSA) is 144 Å². The lowest BCUT2D eigenvalue weighted by atomic mass is 9.84. The highest BCUT2D eigenvalue weighted by Crippen LogP contribution is 2.43. The molecule has 1 fully saturated rings. The zero-order valence-corrected chi connectivity index (χ0v) is 12.5. The summed E-state index contributed by atoms with van der Waals surface area (Å²) in [6, 6.07) is -1.56. The van der Waals surface area contributed by atoms with Gasteiger partial charge in [-0.05, 0) is 13.0 Å². The Balaban J connectivity index is 2.55. The second-order valence-electron chi connectivity index (χ2n) is 5.00. The van der Waals surface area contributed by atoms with Crippen LogP contribution in [0.4, 0.5) is 23.8 Å². The summed E-state index contributed by atoms with van der Waals surface area (Å²) in [5.41, 5.74) is -3.96. The minimum atomic E-state index is -5.45. The lowest BCUT2D eigenvalue weighted by molar-refractivity contribution is -0.402. The Morgan fingerprint density at radius 1 is 1.52 bits per heavy atom. The third-order valence-electron chi connectivity index (χ3n) is 3.45. The van der Waals surface area contributed by atoms with Crippen LogP contribution in [0.5, 0.6) is 0 Å². The maximum Gasteiger partial charge on any atom is 0.437 e. The Morgan fingerprint density at radius 2 is 2.16 bits per heavy atom. The zero-order valence-electron chi connectivity index (χ0n) is 12.5. The van der Waals surface area contributed by atoms with Crippen LogP contribution in [0.2, 0.25) is 0 Å². The van der Waals surface area contributed by atoms with Gasteiger partial charge in [-0.25, -0.2) is 4.79 Å². The highest BCUT2D eigenvalue weighted by atomic mass is 19.4. The molecule has 10 nitrogen and oxygen atoms in total. The van der Waals surface area contributed by atoms with Crippen molar-refractivity contribution in [3.63, 3.8) is 0 Å². The second kappa shape index (κ2) is 6.23. The molecule has 0 unspecified atom stereocenters. The Kier molecular flexibility index (Phi) is 4.61. The fourth-order valence-corrected chi connectivity index (χ4v) is 2.38. The van der Waals surface area contributed by atoms with Crippen molar-refractivity contribution in [2.45, 2.75) is 24.9 Å². The molecule has 0 bridgehead atoms. The van der Waals surface area contributed by atoms with E-state index in [0.29, 0.717) is 0 Å². The molecule has 0 saturated carbocycles. The van der Waals surface area contributed by atoms with Crippen LogP contribution in [0.3, 0.4) is 0 Å². The Hall–Kier alpha value is -2.83. The summed E-state index contributed by atoms with van der Waals surface area (Å²) in [6.07, 6.45) is -5.45. The first-order valence-electron chi connectivity index (χ1n) is 6.79. The number of rotatable bonds is 4. The minimum Gasteiger partial charge on any atom is -0.466 e. The van der Waals surface area contributed by atoms with Crippen LogP contribution >= 0.6 is 0 Å². The summed E-state index contributed by atoms with van der Waals surface area (Å²) >= 11 is 0. The maximum absolute atomic E-state index is 13.3. The van der Waals surface area contributed by atoms with Crippen LogP contribution in [-0.2, 0) is 9.53 Å². The molecule has 0 spiro atoms. The van der Waals surface area contributed by atoms with E-state index in [9.17, 15) is 38.0 Å². The van der Waals surface area contributed by atoms with Crippen molar-refractivity contribution in [2.24, 2.45) is 5.92 Å². The number of esters is 1. The van der Waals surface area contributed by atoms with Crippen LogP contribution in [0, 0.1) is 16.0 Å². The van der Waals surface area contributed by atoms with E-state index in [4.69, 9.17) is 4.42 Å².